The number of benzene rings is 4. The van der Waals surface area contributed by atoms with Gasteiger partial charge in [-0.15, -0.1) is 67.9 Å². The van der Waals surface area contributed by atoms with Crippen LogP contribution in [0.3, 0.4) is 0 Å². The Balaban J connectivity index is 0.00000114. The van der Waals surface area contributed by atoms with Gasteiger partial charge in [0.15, 0.2) is 0 Å². The second-order valence-electron chi connectivity index (χ2n) is 8.06. The fourth-order valence-corrected chi connectivity index (χ4v) is 4.78. The second kappa shape index (κ2) is 12.8. The molecule has 0 spiro atoms. The molecule has 0 radical (unpaired) electrons. The van der Waals surface area contributed by atoms with Crippen LogP contribution in [0.15, 0.2) is 122 Å². The van der Waals surface area contributed by atoms with Gasteiger partial charge in [-0.3, -0.25) is 0 Å². The molecule has 4 nitrogen and oxygen atoms in total. The number of rotatable bonds is 5. The van der Waals surface area contributed by atoms with Gasteiger partial charge in [0.05, 0.1) is 41.3 Å². The Morgan fingerprint density at radius 3 is 1.53 bits per heavy atom. The molecule has 0 fully saturated rings. The van der Waals surface area contributed by atoms with Gasteiger partial charge < -0.3 is 9.13 Å². The molecule has 186 valence electrons. The van der Waals surface area contributed by atoms with Crippen LogP contribution in [-0.2, 0) is 12.1 Å². The van der Waals surface area contributed by atoms with E-state index in [1.807, 2.05) is 24.8 Å². The van der Waals surface area contributed by atoms with E-state index >= 15 is 0 Å². The predicted octanol–water partition coefficient (Wildman–Crippen LogP) is 8.19. The van der Waals surface area contributed by atoms with Crippen LogP contribution in [0.4, 0.5) is 0 Å². The Kier molecular flexibility index (Phi) is 10.7. The standard InChI is InChI=1S/C28H22N4.4BrH/c1-3-11-22(12-4-1)28(23-13-5-2-6-14-23,32-21-30-25-16-8-10-18-27(25)32)19-31-20-29-24-15-7-9-17-26(24)31;;;;/h1-18,20-21H,19H2;4*1H. The number of nitrogens with zero attached hydrogens (tertiary/aromatic N) is 4. The van der Waals surface area contributed by atoms with Crippen LogP contribution >= 0.6 is 67.9 Å². The summed E-state index contributed by atoms with van der Waals surface area (Å²) in [5.41, 5.74) is 6.09. The van der Waals surface area contributed by atoms with Crippen LogP contribution in [-0.4, -0.2) is 19.1 Å². The van der Waals surface area contributed by atoms with E-state index in [-0.39, 0.29) is 67.9 Å². The number of imidazole rings is 2. The van der Waals surface area contributed by atoms with E-state index in [4.69, 9.17) is 4.98 Å². The second-order valence-corrected chi connectivity index (χ2v) is 8.06. The number of hydrogen-bond acceptors (Lipinski definition) is 2. The first-order valence-corrected chi connectivity index (χ1v) is 10.8. The van der Waals surface area contributed by atoms with Crippen LogP contribution in [0.25, 0.3) is 22.1 Å². The zero-order chi connectivity index (χ0) is 21.4. The molecule has 0 saturated carbocycles. The van der Waals surface area contributed by atoms with Crippen LogP contribution in [0.1, 0.15) is 11.1 Å². The van der Waals surface area contributed by atoms with Gasteiger partial charge in [-0.1, -0.05) is 84.9 Å². The minimum absolute atomic E-state index is 0. The van der Waals surface area contributed by atoms with Crippen molar-refractivity contribution < 1.29 is 0 Å². The zero-order valence-corrected chi connectivity index (χ0v) is 26.0. The molecule has 6 rings (SSSR count). The van der Waals surface area contributed by atoms with Gasteiger partial charge in [-0.25, -0.2) is 9.97 Å². The highest BCUT2D eigenvalue weighted by Gasteiger charge is 2.38. The summed E-state index contributed by atoms with van der Waals surface area (Å²) >= 11 is 0. The van der Waals surface area contributed by atoms with E-state index in [9.17, 15) is 0 Å². The molecule has 36 heavy (non-hydrogen) atoms. The van der Waals surface area contributed by atoms with Crippen LogP contribution in [0, 0.1) is 0 Å². The van der Waals surface area contributed by atoms with Crippen LogP contribution in [0.2, 0.25) is 0 Å². The Morgan fingerprint density at radius 1 is 0.500 bits per heavy atom. The Morgan fingerprint density at radius 2 is 0.944 bits per heavy atom. The first kappa shape index (κ1) is 30.0. The van der Waals surface area contributed by atoms with Crippen LogP contribution in [0.5, 0.6) is 0 Å². The third-order valence-electron chi connectivity index (χ3n) is 6.29. The maximum atomic E-state index is 4.77. The molecule has 0 bridgehead atoms. The summed E-state index contributed by atoms with van der Waals surface area (Å²) in [7, 11) is 0. The van der Waals surface area contributed by atoms with E-state index in [2.05, 4.69) is 111 Å². The summed E-state index contributed by atoms with van der Waals surface area (Å²) < 4.78 is 4.58. The quantitative estimate of drug-likeness (QED) is 0.179. The topological polar surface area (TPSA) is 35.6 Å². The van der Waals surface area contributed by atoms with Crippen molar-refractivity contribution in [2.24, 2.45) is 0 Å². The van der Waals surface area contributed by atoms with Gasteiger partial charge in [-0.2, -0.15) is 0 Å². The van der Waals surface area contributed by atoms with Crippen molar-refractivity contribution in [3.63, 3.8) is 0 Å². The van der Waals surface area contributed by atoms with Gasteiger partial charge in [-0.05, 0) is 35.4 Å². The lowest BCUT2D eigenvalue weighted by Gasteiger charge is -2.37. The average molecular weight is 738 g/mol. The van der Waals surface area contributed by atoms with E-state index < -0.39 is 5.54 Å². The summed E-state index contributed by atoms with van der Waals surface area (Å²) in [5.74, 6) is 0. The van der Waals surface area contributed by atoms with Crippen molar-refractivity contribution >= 4 is 90.0 Å². The third kappa shape index (κ3) is 5.09. The molecule has 2 heterocycles. The number of fused-ring (bicyclic) bond motifs is 2. The van der Waals surface area contributed by atoms with Crippen LogP contribution < -0.4 is 0 Å². The summed E-state index contributed by atoms with van der Waals surface area (Å²) in [4.78, 5) is 9.44. The molecule has 8 heteroatoms. The zero-order valence-electron chi connectivity index (χ0n) is 19.2. The maximum absolute atomic E-state index is 4.77. The molecule has 0 aliphatic rings. The maximum Gasteiger partial charge on any atom is 0.114 e. The molecule has 2 aromatic heterocycles. The van der Waals surface area contributed by atoms with Gasteiger partial charge >= 0.3 is 0 Å². The van der Waals surface area contributed by atoms with Gasteiger partial charge in [0.2, 0.25) is 0 Å². The first-order chi connectivity index (χ1) is 15.9. The lowest BCUT2D eigenvalue weighted by atomic mass is 9.81. The third-order valence-corrected chi connectivity index (χ3v) is 6.29. The van der Waals surface area contributed by atoms with Crippen molar-refractivity contribution in [3.8, 4) is 0 Å². The summed E-state index contributed by atoms with van der Waals surface area (Å²) in [5, 5.41) is 0. The normalized spacial score (nSPS) is 10.6. The van der Waals surface area contributed by atoms with Crippen molar-refractivity contribution in [1.82, 2.24) is 19.1 Å². The molecular weight excluding hydrogens is 712 g/mol. The molecule has 0 saturated heterocycles. The minimum atomic E-state index is -0.512. The van der Waals surface area contributed by atoms with Crippen molar-refractivity contribution in [3.05, 3.63) is 133 Å². The molecule has 0 unspecified atom stereocenters. The molecule has 0 aliphatic carbocycles. The fraction of sp³-hybridized carbons (Fsp3) is 0.0714. The van der Waals surface area contributed by atoms with E-state index in [1.165, 1.54) is 11.1 Å². The molecule has 0 N–H and O–H groups in total. The summed E-state index contributed by atoms with van der Waals surface area (Å²) in [6, 6.07) is 38.0. The Labute approximate surface area is 252 Å². The highest BCUT2D eigenvalue weighted by atomic mass is 79.9. The molecule has 6 aromatic rings. The van der Waals surface area contributed by atoms with E-state index in [0.717, 1.165) is 22.1 Å². The number of hydrogen-bond donors (Lipinski definition) is 0. The largest absolute Gasteiger partial charge is 0.327 e. The molecule has 4 aromatic carbocycles. The number of halogens is 4. The van der Waals surface area contributed by atoms with Gasteiger partial charge in [0, 0.05) is 0 Å². The fourth-order valence-electron chi connectivity index (χ4n) is 4.78. The lowest BCUT2D eigenvalue weighted by Crippen LogP contribution is -2.40. The molecule has 0 amide bonds. The monoisotopic (exact) mass is 734 g/mol. The summed E-state index contributed by atoms with van der Waals surface area (Å²) in [6.45, 7) is 0.682. The highest BCUT2D eigenvalue weighted by molar-refractivity contribution is 8.93. The smallest absolute Gasteiger partial charge is 0.114 e. The van der Waals surface area contributed by atoms with Crippen molar-refractivity contribution in [2.45, 2.75) is 12.1 Å². The Hall–Kier alpha value is -2.26. The van der Waals surface area contributed by atoms with E-state index in [0.29, 0.717) is 6.54 Å². The summed E-state index contributed by atoms with van der Waals surface area (Å²) in [6.07, 6.45) is 3.92. The average Bonchev–Trinajstić information content (AvgIpc) is 3.48. The highest BCUT2D eigenvalue weighted by Crippen LogP contribution is 2.39. The lowest BCUT2D eigenvalue weighted by molar-refractivity contribution is 0.379. The number of aromatic nitrogens is 4. The first-order valence-electron chi connectivity index (χ1n) is 10.8. The SMILES string of the molecule is Br.Br.Br.Br.c1ccc(C(Cn2cnc3ccccc32)(c2ccccc2)n2cnc3ccccc32)cc1. The van der Waals surface area contributed by atoms with Crippen molar-refractivity contribution in [2.75, 3.05) is 0 Å². The molecule has 0 aliphatic heterocycles. The van der Waals surface area contributed by atoms with Crippen molar-refractivity contribution in [1.29, 1.82) is 0 Å². The molecule has 0 atom stereocenters. The van der Waals surface area contributed by atoms with Gasteiger partial charge in [0.25, 0.3) is 0 Å². The Bertz CT molecular complexity index is 1470. The van der Waals surface area contributed by atoms with E-state index in [1.54, 1.807) is 0 Å². The van der Waals surface area contributed by atoms with Gasteiger partial charge in [0.1, 0.15) is 5.54 Å². The minimum Gasteiger partial charge on any atom is -0.327 e. The predicted molar refractivity (Wildman–Crippen MR) is 170 cm³/mol. The molecular formula is C28H26Br4N4. The number of para-hydroxylation sites is 4.